The van der Waals surface area contributed by atoms with Gasteiger partial charge in [-0.05, 0) is 25.0 Å². The van der Waals surface area contributed by atoms with E-state index >= 15 is 0 Å². The molecule has 1 N–H and O–H groups in total. The lowest BCUT2D eigenvalue weighted by Gasteiger charge is -2.36. The van der Waals surface area contributed by atoms with E-state index in [-0.39, 0.29) is 18.4 Å². The molecule has 0 bridgehead atoms. The molecule has 3 rings (SSSR count). The van der Waals surface area contributed by atoms with E-state index in [0.29, 0.717) is 24.3 Å². The minimum atomic E-state index is -0.854. The predicted molar refractivity (Wildman–Crippen MR) is 84.3 cm³/mol. The van der Waals surface area contributed by atoms with Gasteiger partial charge in [-0.3, -0.25) is 9.59 Å². The Hall–Kier alpha value is -2.56. The third-order valence-electron chi connectivity index (χ3n) is 4.45. The van der Waals surface area contributed by atoms with Crippen molar-refractivity contribution in [2.75, 3.05) is 13.1 Å². The molecule has 1 aromatic heterocycles. The van der Waals surface area contributed by atoms with Gasteiger partial charge in [0.15, 0.2) is 0 Å². The smallest absolute Gasteiger partial charge is 0.308 e. The summed E-state index contributed by atoms with van der Waals surface area (Å²) in [5.74, 6) is -0.980. The molecule has 1 amide bonds. The Kier molecular flexibility index (Phi) is 4.19. The molecule has 1 aromatic carbocycles. The number of carbonyl (C=O) groups excluding carboxylic acids is 1. The Morgan fingerprint density at radius 2 is 1.91 bits per heavy atom. The van der Waals surface area contributed by atoms with E-state index in [1.807, 2.05) is 30.3 Å². The van der Waals surface area contributed by atoms with Crippen molar-refractivity contribution in [2.45, 2.75) is 19.3 Å². The number of hydrogen-bond donors (Lipinski definition) is 1. The highest BCUT2D eigenvalue weighted by Gasteiger charge is 2.35. The third kappa shape index (κ3) is 3.13. The number of benzene rings is 1. The molecule has 5 nitrogen and oxygen atoms in total. The molecule has 0 aliphatic carbocycles. The van der Waals surface area contributed by atoms with Gasteiger partial charge in [0.2, 0.25) is 0 Å². The first-order valence-corrected chi connectivity index (χ1v) is 7.67. The average Bonchev–Trinajstić information content (AvgIpc) is 3.00. The lowest BCUT2D eigenvalue weighted by molar-refractivity contribution is -0.143. The van der Waals surface area contributed by atoms with Gasteiger partial charge >= 0.3 is 5.97 Å². The molecule has 0 saturated carbocycles. The van der Waals surface area contributed by atoms with Crippen molar-refractivity contribution in [1.29, 1.82) is 0 Å². The van der Waals surface area contributed by atoms with Crippen LogP contribution in [0.15, 0.2) is 47.1 Å². The van der Waals surface area contributed by atoms with Crippen LogP contribution in [0.4, 0.5) is 0 Å². The molecular weight excluding hydrogens is 294 g/mol. The number of carbonyl (C=O) groups is 2. The molecule has 0 spiro atoms. The van der Waals surface area contributed by atoms with Crippen LogP contribution in [0.2, 0.25) is 0 Å². The predicted octanol–water partition coefficient (Wildman–Crippen LogP) is 2.92. The lowest BCUT2D eigenvalue weighted by atomic mass is 9.84. The van der Waals surface area contributed by atoms with Gasteiger partial charge in [0.1, 0.15) is 5.76 Å². The van der Waals surface area contributed by atoms with Crippen molar-refractivity contribution in [3.05, 3.63) is 59.5 Å². The molecule has 1 saturated heterocycles. The Bertz CT molecular complexity index is 707. The molecule has 1 fully saturated rings. The van der Waals surface area contributed by atoms with Gasteiger partial charge in [0.05, 0.1) is 17.7 Å². The minimum absolute atomic E-state index is 0.0298. The first kappa shape index (κ1) is 15.3. The fourth-order valence-corrected chi connectivity index (χ4v) is 3.19. The quantitative estimate of drug-likeness (QED) is 0.946. The van der Waals surface area contributed by atoms with Crippen molar-refractivity contribution in [3.8, 4) is 0 Å². The van der Waals surface area contributed by atoms with Crippen molar-refractivity contribution >= 4 is 11.9 Å². The van der Waals surface area contributed by atoms with E-state index < -0.39 is 11.9 Å². The Morgan fingerprint density at radius 3 is 2.52 bits per heavy atom. The molecule has 0 radical (unpaired) electrons. The van der Waals surface area contributed by atoms with Crippen LogP contribution in [0.25, 0.3) is 0 Å². The highest BCUT2D eigenvalue weighted by atomic mass is 16.4. The number of nitrogens with zero attached hydrogens (tertiary/aromatic N) is 1. The topological polar surface area (TPSA) is 70.8 Å². The number of carboxylic acid groups (broad SMARTS) is 1. The lowest BCUT2D eigenvalue weighted by Crippen LogP contribution is -2.45. The number of furan rings is 1. The molecule has 120 valence electrons. The zero-order chi connectivity index (χ0) is 16.4. The van der Waals surface area contributed by atoms with E-state index in [4.69, 9.17) is 4.42 Å². The third-order valence-corrected chi connectivity index (χ3v) is 4.45. The van der Waals surface area contributed by atoms with Crippen LogP contribution in [0, 0.1) is 12.8 Å². The maximum absolute atomic E-state index is 12.7. The summed E-state index contributed by atoms with van der Waals surface area (Å²) in [5.41, 5.74) is 1.57. The highest BCUT2D eigenvalue weighted by molar-refractivity contribution is 5.95. The SMILES string of the molecule is Cc1occc1C(=O)N1C[C@H](C(=O)O)C[C@H](c2ccccc2)C1. The second-order valence-electron chi connectivity index (χ2n) is 5.98. The minimum Gasteiger partial charge on any atom is -0.481 e. The largest absolute Gasteiger partial charge is 0.481 e. The average molecular weight is 313 g/mol. The summed E-state index contributed by atoms with van der Waals surface area (Å²) in [6.45, 7) is 2.50. The highest BCUT2D eigenvalue weighted by Crippen LogP contribution is 2.31. The van der Waals surface area contributed by atoms with Gasteiger partial charge < -0.3 is 14.4 Å². The summed E-state index contributed by atoms with van der Waals surface area (Å²) in [5, 5.41) is 9.43. The Morgan fingerprint density at radius 1 is 1.17 bits per heavy atom. The summed E-state index contributed by atoms with van der Waals surface area (Å²) < 4.78 is 5.20. The maximum Gasteiger partial charge on any atom is 0.308 e. The molecule has 2 heterocycles. The van der Waals surface area contributed by atoms with Gasteiger partial charge in [-0.25, -0.2) is 0 Å². The van der Waals surface area contributed by atoms with Crippen LogP contribution in [-0.2, 0) is 4.79 Å². The zero-order valence-electron chi connectivity index (χ0n) is 12.9. The summed E-state index contributed by atoms with van der Waals surface area (Å²) in [6.07, 6.45) is 2.03. The molecule has 1 aliphatic rings. The monoisotopic (exact) mass is 313 g/mol. The molecule has 5 heteroatoms. The molecule has 1 aliphatic heterocycles. The van der Waals surface area contributed by atoms with E-state index in [1.165, 1.54) is 6.26 Å². The molecule has 2 atom stereocenters. The van der Waals surface area contributed by atoms with Crippen molar-refractivity contribution < 1.29 is 19.1 Å². The van der Waals surface area contributed by atoms with E-state index in [9.17, 15) is 14.7 Å². The van der Waals surface area contributed by atoms with Crippen LogP contribution >= 0.6 is 0 Å². The fourth-order valence-electron chi connectivity index (χ4n) is 3.19. The molecule has 0 unspecified atom stereocenters. The van der Waals surface area contributed by atoms with Crippen molar-refractivity contribution in [1.82, 2.24) is 4.90 Å². The Labute approximate surface area is 134 Å². The number of amides is 1. The molecular formula is C18H19NO4. The van der Waals surface area contributed by atoms with Crippen molar-refractivity contribution in [3.63, 3.8) is 0 Å². The first-order chi connectivity index (χ1) is 11.1. The second kappa shape index (κ2) is 6.28. The van der Waals surface area contributed by atoms with Crippen LogP contribution in [0.1, 0.15) is 34.0 Å². The normalized spacial score (nSPS) is 21.2. The van der Waals surface area contributed by atoms with Gasteiger partial charge in [-0.1, -0.05) is 30.3 Å². The summed E-state index contributed by atoms with van der Waals surface area (Å²) in [7, 11) is 0. The number of likely N-dealkylation sites (tertiary alicyclic amines) is 1. The van der Waals surface area contributed by atoms with E-state index in [0.717, 1.165) is 5.56 Å². The fraction of sp³-hybridized carbons (Fsp3) is 0.333. The van der Waals surface area contributed by atoms with Crippen LogP contribution in [0.3, 0.4) is 0 Å². The number of hydrogen-bond acceptors (Lipinski definition) is 3. The number of aryl methyl sites for hydroxylation is 1. The zero-order valence-corrected chi connectivity index (χ0v) is 12.9. The summed E-state index contributed by atoms with van der Waals surface area (Å²) >= 11 is 0. The van der Waals surface area contributed by atoms with Crippen LogP contribution in [0.5, 0.6) is 0 Å². The van der Waals surface area contributed by atoms with Gasteiger partial charge in [0, 0.05) is 19.0 Å². The van der Waals surface area contributed by atoms with Gasteiger partial charge in [-0.2, -0.15) is 0 Å². The Balaban J connectivity index is 1.86. The van der Waals surface area contributed by atoms with Crippen molar-refractivity contribution in [2.24, 2.45) is 5.92 Å². The van der Waals surface area contributed by atoms with E-state index in [1.54, 1.807) is 17.9 Å². The maximum atomic E-state index is 12.7. The molecule has 2 aromatic rings. The number of piperidine rings is 1. The summed E-state index contributed by atoms with van der Waals surface area (Å²) in [6, 6.07) is 11.4. The van der Waals surface area contributed by atoms with Crippen LogP contribution in [-0.4, -0.2) is 35.0 Å². The van der Waals surface area contributed by atoms with Gasteiger partial charge in [-0.15, -0.1) is 0 Å². The first-order valence-electron chi connectivity index (χ1n) is 7.67. The van der Waals surface area contributed by atoms with E-state index in [2.05, 4.69) is 0 Å². The summed E-state index contributed by atoms with van der Waals surface area (Å²) in [4.78, 5) is 25.8. The number of carboxylic acids is 1. The van der Waals surface area contributed by atoms with Crippen LogP contribution < -0.4 is 0 Å². The number of rotatable bonds is 3. The van der Waals surface area contributed by atoms with Gasteiger partial charge in [0.25, 0.3) is 5.91 Å². The molecule has 23 heavy (non-hydrogen) atoms. The number of aliphatic carboxylic acids is 1. The standard InChI is InChI=1S/C18H19NO4/c1-12-16(7-8-23-12)17(20)19-10-14(9-15(11-19)18(21)22)13-5-3-2-4-6-13/h2-8,14-15H,9-11H2,1H3,(H,21,22)/t14-,15+/m0/s1. The second-order valence-corrected chi connectivity index (χ2v) is 5.98.